The Hall–Kier alpha value is -3.93. The van der Waals surface area contributed by atoms with Gasteiger partial charge in [-0.25, -0.2) is 10.2 Å². The van der Waals surface area contributed by atoms with Crippen molar-refractivity contribution < 1.29 is 19.1 Å². The fourth-order valence-corrected chi connectivity index (χ4v) is 2.89. The zero-order valence-corrected chi connectivity index (χ0v) is 18.4. The Morgan fingerprint density at radius 1 is 0.938 bits per heavy atom. The minimum atomic E-state index is -0.407. The van der Waals surface area contributed by atoms with Crippen LogP contribution >= 0.6 is 0 Å². The molecule has 6 heteroatoms. The zero-order valence-electron chi connectivity index (χ0n) is 18.4. The third-order valence-corrected chi connectivity index (χ3v) is 4.78. The molecule has 0 saturated carbocycles. The van der Waals surface area contributed by atoms with E-state index in [2.05, 4.69) is 24.4 Å². The quantitative estimate of drug-likeness (QED) is 0.239. The van der Waals surface area contributed by atoms with Gasteiger partial charge in [-0.3, -0.25) is 4.79 Å². The van der Waals surface area contributed by atoms with Crippen LogP contribution in [0.3, 0.4) is 0 Å². The van der Waals surface area contributed by atoms with Crippen LogP contribution in [-0.4, -0.2) is 24.7 Å². The summed E-state index contributed by atoms with van der Waals surface area (Å²) in [5, 5.41) is 3.93. The van der Waals surface area contributed by atoms with Crippen LogP contribution in [0.4, 0.5) is 0 Å². The zero-order chi connectivity index (χ0) is 22.9. The van der Waals surface area contributed by atoms with Crippen LogP contribution < -0.4 is 14.9 Å². The van der Waals surface area contributed by atoms with Gasteiger partial charge in [-0.1, -0.05) is 44.2 Å². The lowest BCUT2D eigenvalue weighted by Gasteiger charge is -2.08. The Bertz CT molecular complexity index is 1090. The van der Waals surface area contributed by atoms with Crippen molar-refractivity contribution in [2.75, 3.05) is 6.61 Å². The Balaban J connectivity index is 1.45. The first-order chi connectivity index (χ1) is 15.4. The van der Waals surface area contributed by atoms with E-state index >= 15 is 0 Å². The molecular weight excluding hydrogens is 404 g/mol. The van der Waals surface area contributed by atoms with Gasteiger partial charge in [0.1, 0.15) is 11.5 Å². The topological polar surface area (TPSA) is 77.0 Å². The molecule has 1 amide bonds. The van der Waals surface area contributed by atoms with Crippen LogP contribution in [0.1, 0.15) is 46.8 Å². The van der Waals surface area contributed by atoms with E-state index in [0.717, 1.165) is 11.1 Å². The maximum Gasteiger partial charge on any atom is 0.343 e. The van der Waals surface area contributed by atoms with E-state index in [1.54, 1.807) is 36.4 Å². The maximum atomic E-state index is 12.3. The molecule has 3 aromatic rings. The van der Waals surface area contributed by atoms with Crippen molar-refractivity contribution in [3.05, 3.63) is 95.1 Å². The van der Waals surface area contributed by atoms with E-state index in [1.165, 1.54) is 11.8 Å². The van der Waals surface area contributed by atoms with E-state index in [1.807, 2.05) is 43.3 Å². The van der Waals surface area contributed by atoms with E-state index in [9.17, 15) is 9.59 Å². The average molecular weight is 431 g/mol. The highest BCUT2D eigenvalue weighted by molar-refractivity contribution is 5.92. The lowest BCUT2D eigenvalue weighted by atomic mass is 10.0. The van der Waals surface area contributed by atoms with Crippen LogP contribution in [-0.2, 0) is 4.79 Å². The van der Waals surface area contributed by atoms with E-state index in [4.69, 9.17) is 9.47 Å². The van der Waals surface area contributed by atoms with Crippen molar-refractivity contribution in [2.24, 2.45) is 5.10 Å². The van der Waals surface area contributed by atoms with Gasteiger partial charge in [-0.05, 0) is 72.0 Å². The molecule has 0 radical (unpaired) electrons. The van der Waals surface area contributed by atoms with Crippen molar-refractivity contribution in [2.45, 2.75) is 26.7 Å². The number of amides is 1. The number of hydrogen-bond acceptors (Lipinski definition) is 5. The summed E-state index contributed by atoms with van der Waals surface area (Å²) in [5.74, 6) is 0.727. The smallest absolute Gasteiger partial charge is 0.343 e. The summed E-state index contributed by atoms with van der Waals surface area (Å²) in [7, 11) is 0. The maximum absolute atomic E-state index is 12.3. The first-order valence-corrected chi connectivity index (χ1v) is 10.3. The molecule has 0 saturated heterocycles. The van der Waals surface area contributed by atoms with Gasteiger partial charge in [0, 0.05) is 0 Å². The van der Waals surface area contributed by atoms with Crippen LogP contribution in [0.2, 0.25) is 0 Å². The van der Waals surface area contributed by atoms with Crippen molar-refractivity contribution in [3.63, 3.8) is 0 Å². The van der Waals surface area contributed by atoms with Gasteiger partial charge >= 0.3 is 5.97 Å². The van der Waals surface area contributed by atoms with Gasteiger partial charge in [-0.15, -0.1) is 0 Å². The third kappa shape index (κ3) is 6.54. The number of nitrogens with one attached hydrogen (secondary N) is 1. The monoisotopic (exact) mass is 430 g/mol. The molecule has 32 heavy (non-hydrogen) atoms. The number of benzene rings is 3. The molecule has 0 aliphatic carbocycles. The van der Waals surface area contributed by atoms with Gasteiger partial charge < -0.3 is 9.47 Å². The largest absolute Gasteiger partial charge is 0.484 e. The van der Waals surface area contributed by atoms with Gasteiger partial charge in [-0.2, -0.15) is 5.10 Å². The number of hydrogen-bond donors (Lipinski definition) is 1. The Morgan fingerprint density at radius 2 is 1.59 bits per heavy atom. The molecule has 0 heterocycles. The molecule has 0 spiro atoms. The van der Waals surface area contributed by atoms with Crippen molar-refractivity contribution in [1.82, 2.24) is 5.43 Å². The number of esters is 1. The number of carbonyl (C=O) groups is 2. The second-order valence-corrected chi connectivity index (χ2v) is 7.58. The molecule has 0 fully saturated rings. The molecular formula is C26H26N2O4. The number of nitrogens with zero attached hydrogens (tertiary/aromatic N) is 1. The fourth-order valence-electron chi connectivity index (χ4n) is 2.89. The molecule has 1 N–H and O–H groups in total. The summed E-state index contributed by atoms with van der Waals surface area (Å²) < 4.78 is 10.9. The number of carbonyl (C=O) groups excluding carboxylic acids is 2. The van der Waals surface area contributed by atoms with Crippen LogP contribution in [0, 0.1) is 6.92 Å². The lowest BCUT2D eigenvalue weighted by Crippen LogP contribution is -2.24. The minimum absolute atomic E-state index is 0.133. The molecule has 0 aliphatic heterocycles. The second-order valence-electron chi connectivity index (χ2n) is 7.58. The molecule has 0 bridgehead atoms. The molecule has 3 rings (SSSR count). The Kier molecular flexibility index (Phi) is 7.75. The van der Waals surface area contributed by atoms with Crippen LogP contribution in [0.5, 0.6) is 11.5 Å². The number of hydrazone groups is 1. The summed E-state index contributed by atoms with van der Waals surface area (Å²) in [6.07, 6.45) is 1.50. The molecule has 0 atom stereocenters. The first kappa shape index (κ1) is 22.7. The normalized spacial score (nSPS) is 10.9. The molecule has 0 aromatic heterocycles. The van der Waals surface area contributed by atoms with Crippen LogP contribution in [0.25, 0.3) is 0 Å². The summed E-state index contributed by atoms with van der Waals surface area (Å²) in [6.45, 7) is 5.96. The molecule has 164 valence electrons. The van der Waals surface area contributed by atoms with Crippen molar-refractivity contribution in [1.29, 1.82) is 0 Å². The predicted octanol–water partition coefficient (Wildman–Crippen LogP) is 4.87. The highest BCUT2D eigenvalue weighted by Gasteiger charge is 2.10. The predicted molar refractivity (Wildman–Crippen MR) is 124 cm³/mol. The Labute approximate surface area is 187 Å². The minimum Gasteiger partial charge on any atom is -0.484 e. The van der Waals surface area contributed by atoms with Crippen LogP contribution in [0.15, 0.2) is 77.9 Å². The first-order valence-electron chi connectivity index (χ1n) is 10.3. The van der Waals surface area contributed by atoms with Gasteiger partial charge in [0.25, 0.3) is 5.91 Å². The van der Waals surface area contributed by atoms with Crippen molar-refractivity contribution >= 4 is 18.1 Å². The highest BCUT2D eigenvalue weighted by atomic mass is 16.5. The molecule has 0 aliphatic rings. The number of rotatable bonds is 8. The summed E-state index contributed by atoms with van der Waals surface area (Å²) in [5.41, 5.74) is 5.76. The van der Waals surface area contributed by atoms with Gasteiger partial charge in [0.15, 0.2) is 6.61 Å². The van der Waals surface area contributed by atoms with Crippen molar-refractivity contribution in [3.8, 4) is 11.5 Å². The third-order valence-electron chi connectivity index (χ3n) is 4.78. The molecule has 0 unspecified atom stereocenters. The summed E-state index contributed by atoms with van der Waals surface area (Å²) in [6, 6.07) is 21.7. The standard InChI is InChI=1S/C26H26N2O4/c1-18(2)21-10-14-22(15-11-21)31-17-25(29)28-27-16-20-8-12-23(13-9-20)32-26(30)24-7-5-4-6-19(24)3/h4-16,18H,17H2,1-3H3,(H,28,29). The van der Waals surface area contributed by atoms with E-state index < -0.39 is 5.97 Å². The Morgan fingerprint density at radius 3 is 2.25 bits per heavy atom. The fraction of sp³-hybridized carbons (Fsp3) is 0.192. The molecule has 6 nitrogen and oxygen atoms in total. The lowest BCUT2D eigenvalue weighted by molar-refractivity contribution is -0.123. The van der Waals surface area contributed by atoms with Gasteiger partial charge in [0.05, 0.1) is 11.8 Å². The summed E-state index contributed by atoms with van der Waals surface area (Å²) in [4.78, 5) is 24.2. The van der Waals surface area contributed by atoms with E-state index in [0.29, 0.717) is 23.0 Å². The van der Waals surface area contributed by atoms with E-state index in [-0.39, 0.29) is 12.5 Å². The average Bonchev–Trinajstić information content (AvgIpc) is 2.79. The second kappa shape index (κ2) is 10.9. The number of ether oxygens (including phenoxy) is 2. The SMILES string of the molecule is Cc1ccccc1C(=O)Oc1ccc(C=NNC(=O)COc2ccc(C(C)C)cc2)cc1. The van der Waals surface area contributed by atoms with Gasteiger partial charge in [0.2, 0.25) is 0 Å². The summed E-state index contributed by atoms with van der Waals surface area (Å²) >= 11 is 0. The molecule has 3 aromatic carbocycles. The highest BCUT2D eigenvalue weighted by Crippen LogP contribution is 2.18. The number of aryl methyl sites for hydroxylation is 1.